The van der Waals surface area contributed by atoms with E-state index in [4.69, 9.17) is 9.47 Å². The maximum Gasteiger partial charge on any atom is 0.238 e. The van der Waals surface area contributed by atoms with E-state index in [-0.39, 0.29) is 30.2 Å². The fourth-order valence-electron chi connectivity index (χ4n) is 2.93. The highest BCUT2D eigenvalue weighted by Gasteiger charge is 2.30. The lowest BCUT2D eigenvalue weighted by Crippen LogP contribution is -2.41. The first-order valence-corrected chi connectivity index (χ1v) is 10.4. The second-order valence-electron chi connectivity index (χ2n) is 6.66. The van der Waals surface area contributed by atoms with E-state index in [2.05, 4.69) is 27.8 Å². The smallest absolute Gasteiger partial charge is 0.238 e. The van der Waals surface area contributed by atoms with Gasteiger partial charge in [0.2, 0.25) is 18.6 Å². The Morgan fingerprint density at radius 3 is 2.83 bits per heavy atom. The molecule has 30 heavy (non-hydrogen) atoms. The summed E-state index contributed by atoms with van der Waals surface area (Å²) in [5.74, 6) is 0.821. The number of carbonyl (C=O) groups excluding carboxylic acids is 2. The van der Waals surface area contributed by atoms with Gasteiger partial charge in [0.15, 0.2) is 16.7 Å². The Labute approximate surface area is 177 Å². The number of nitrogens with zero attached hydrogens (tertiary/aromatic N) is 2. The predicted octanol–water partition coefficient (Wildman–Crippen LogP) is 2.93. The molecule has 0 radical (unpaired) electrons. The van der Waals surface area contributed by atoms with Crippen molar-refractivity contribution in [1.82, 2.24) is 5.32 Å². The van der Waals surface area contributed by atoms with Crippen LogP contribution in [0.25, 0.3) is 0 Å². The molecule has 2 amide bonds. The van der Waals surface area contributed by atoms with E-state index in [0.29, 0.717) is 17.2 Å². The van der Waals surface area contributed by atoms with E-state index in [1.165, 1.54) is 17.3 Å². The number of fused-ring (bicyclic) bond motifs is 1. The van der Waals surface area contributed by atoms with E-state index in [0.717, 1.165) is 12.0 Å². The molecule has 1 saturated heterocycles. The van der Waals surface area contributed by atoms with Gasteiger partial charge in [-0.25, -0.2) is 0 Å². The van der Waals surface area contributed by atoms with Gasteiger partial charge in [-0.3, -0.25) is 9.59 Å². The molecule has 1 atom stereocenters. The van der Waals surface area contributed by atoms with Crippen LogP contribution in [0.5, 0.6) is 11.5 Å². The average Bonchev–Trinajstić information content (AvgIpc) is 3.22. The van der Waals surface area contributed by atoms with Gasteiger partial charge in [-0.1, -0.05) is 30.8 Å². The molecular formula is C21H20N4O4S. The Balaban J connectivity index is 1.39. The Hall–Kier alpha value is -3.33. The third-order valence-electron chi connectivity index (χ3n) is 4.55. The largest absolute Gasteiger partial charge is 0.454 e. The highest BCUT2D eigenvalue weighted by molar-refractivity contribution is 8.15. The quantitative estimate of drug-likeness (QED) is 0.568. The second kappa shape index (κ2) is 9.00. The molecule has 2 aliphatic rings. The summed E-state index contributed by atoms with van der Waals surface area (Å²) in [5.41, 5.74) is 2.66. The first-order valence-electron chi connectivity index (χ1n) is 9.47. The van der Waals surface area contributed by atoms with E-state index in [1.807, 2.05) is 30.3 Å². The molecule has 2 aliphatic heterocycles. The summed E-state index contributed by atoms with van der Waals surface area (Å²) in [6.07, 6.45) is 2.55. The van der Waals surface area contributed by atoms with Crippen molar-refractivity contribution in [3.8, 4) is 11.5 Å². The zero-order chi connectivity index (χ0) is 20.9. The molecular weight excluding hydrogens is 404 g/mol. The summed E-state index contributed by atoms with van der Waals surface area (Å²) in [7, 11) is 0. The number of hydrogen-bond acceptors (Lipinski definition) is 7. The summed E-state index contributed by atoms with van der Waals surface area (Å²) in [5, 5.41) is 13.3. The van der Waals surface area contributed by atoms with Crippen molar-refractivity contribution in [1.29, 1.82) is 0 Å². The number of amides is 2. The van der Waals surface area contributed by atoms with Crippen molar-refractivity contribution in [2.24, 2.45) is 10.2 Å². The fourth-order valence-corrected chi connectivity index (χ4v) is 3.86. The highest BCUT2D eigenvalue weighted by Crippen LogP contribution is 2.32. The maximum absolute atomic E-state index is 12.6. The van der Waals surface area contributed by atoms with Crippen LogP contribution in [0, 0.1) is 0 Å². The van der Waals surface area contributed by atoms with Gasteiger partial charge in [0.1, 0.15) is 5.25 Å². The van der Waals surface area contributed by atoms with E-state index in [1.54, 1.807) is 18.3 Å². The normalized spacial score (nSPS) is 19.2. The minimum Gasteiger partial charge on any atom is -0.454 e. The van der Waals surface area contributed by atoms with Crippen molar-refractivity contribution >= 4 is 40.6 Å². The molecule has 4 rings (SSSR count). The van der Waals surface area contributed by atoms with Gasteiger partial charge in [0.25, 0.3) is 0 Å². The SMILES string of the molecule is CCc1ccc(NC(=O)C2CC(=O)N/C(=N\N=Cc3ccc4c(c3)OCO4)S2)cc1. The van der Waals surface area contributed by atoms with Crippen LogP contribution < -0.4 is 20.1 Å². The van der Waals surface area contributed by atoms with Crippen LogP contribution in [0.3, 0.4) is 0 Å². The number of benzene rings is 2. The lowest BCUT2D eigenvalue weighted by Gasteiger charge is -2.21. The monoisotopic (exact) mass is 424 g/mol. The molecule has 1 unspecified atom stereocenters. The number of ether oxygens (including phenoxy) is 2. The predicted molar refractivity (Wildman–Crippen MR) is 116 cm³/mol. The number of rotatable bonds is 5. The number of hydrogen-bond donors (Lipinski definition) is 2. The molecule has 2 aromatic carbocycles. The summed E-state index contributed by atoms with van der Waals surface area (Å²) >= 11 is 1.17. The van der Waals surface area contributed by atoms with Gasteiger partial charge in [-0.15, -0.1) is 5.10 Å². The van der Waals surface area contributed by atoms with Crippen LogP contribution in [0.15, 0.2) is 52.7 Å². The van der Waals surface area contributed by atoms with Gasteiger partial charge in [0.05, 0.1) is 6.21 Å². The molecule has 0 aromatic heterocycles. The van der Waals surface area contributed by atoms with Crippen LogP contribution in [0.1, 0.15) is 24.5 Å². The molecule has 154 valence electrons. The number of amidine groups is 1. The number of thioether (sulfide) groups is 1. The van der Waals surface area contributed by atoms with Crippen LogP contribution in [0.2, 0.25) is 0 Å². The fraction of sp³-hybridized carbons (Fsp3) is 0.238. The van der Waals surface area contributed by atoms with Crippen molar-refractivity contribution in [3.05, 3.63) is 53.6 Å². The Morgan fingerprint density at radius 2 is 2.03 bits per heavy atom. The molecule has 2 aromatic rings. The van der Waals surface area contributed by atoms with Crippen LogP contribution in [-0.2, 0) is 16.0 Å². The molecule has 2 N–H and O–H groups in total. The number of nitrogens with one attached hydrogen (secondary N) is 2. The molecule has 8 nitrogen and oxygen atoms in total. The number of aryl methyl sites for hydroxylation is 1. The second-order valence-corrected chi connectivity index (χ2v) is 7.85. The maximum atomic E-state index is 12.6. The molecule has 0 bridgehead atoms. The van der Waals surface area contributed by atoms with Crippen LogP contribution in [-0.4, -0.2) is 35.2 Å². The van der Waals surface area contributed by atoms with Crippen molar-refractivity contribution in [3.63, 3.8) is 0 Å². The molecule has 0 aliphatic carbocycles. The van der Waals surface area contributed by atoms with Crippen molar-refractivity contribution in [2.45, 2.75) is 25.0 Å². The third-order valence-corrected chi connectivity index (χ3v) is 5.62. The first-order chi connectivity index (χ1) is 14.6. The first kappa shape index (κ1) is 20.0. The van der Waals surface area contributed by atoms with E-state index < -0.39 is 5.25 Å². The minimum atomic E-state index is -0.580. The third kappa shape index (κ3) is 4.80. The van der Waals surface area contributed by atoms with Gasteiger partial charge in [-0.05, 0) is 47.9 Å². The lowest BCUT2D eigenvalue weighted by atomic mass is 10.1. The van der Waals surface area contributed by atoms with Crippen molar-refractivity contribution < 1.29 is 19.1 Å². The zero-order valence-electron chi connectivity index (χ0n) is 16.3. The summed E-state index contributed by atoms with van der Waals surface area (Å²) in [6, 6.07) is 13.1. The number of anilines is 1. The Kier molecular flexibility index (Phi) is 5.99. The topological polar surface area (TPSA) is 101 Å². The van der Waals surface area contributed by atoms with Crippen LogP contribution >= 0.6 is 11.8 Å². The molecule has 0 spiro atoms. The molecule has 2 heterocycles. The summed E-state index contributed by atoms with van der Waals surface area (Å²) in [6.45, 7) is 2.27. The Morgan fingerprint density at radius 1 is 1.23 bits per heavy atom. The summed E-state index contributed by atoms with van der Waals surface area (Å²) in [4.78, 5) is 24.6. The molecule has 9 heteroatoms. The van der Waals surface area contributed by atoms with Crippen molar-refractivity contribution in [2.75, 3.05) is 12.1 Å². The van der Waals surface area contributed by atoms with Gasteiger partial charge >= 0.3 is 0 Å². The zero-order valence-corrected chi connectivity index (χ0v) is 17.1. The van der Waals surface area contributed by atoms with E-state index >= 15 is 0 Å². The minimum absolute atomic E-state index is 0.0778. The number of carbonyl (C=O) groups is 2. The van der Waals surface area contributed by atoms with Gasteiger partial charge in [0, 0.05) is 12.1 Å². The van der Waals surface area contributed by atoms with Gasteiger partial charge in [-0.2, -0.15) is 5.10 Å². The molecule has 1 fully saturated rings. The average molecular weight is 424 g/mol. The Bertz CT molecular complexity index is 1020. The van der Waals surface area contributed by atoms with E-state index in [9.17, 15) is 9.59 Å². The molecule has 0 saturated carbocycles. The standard InChI is InChI=1S/C21H20N4O4S/c1-2-13-3-6-15(7-4-13)23-20(27)18-10-19(26)24-21(30-18)25-22-11-14-5-8-16-17(9-14)29-12-28-16/h3-9,11,18H,2,10,12H2,1H3,(H,23,27)(H,24,25,26). The lowest BCUT2D eigenvalue weighted by molar-refractivity contribution is -0.123. The highest BCUT2D eigenvalue weighted by atomic mass is 32.2. The van der Waals surface area contributed by atoms with Crippen LogP contribution in [0.4, 0.5) is 5.69 Å². The van der Waals surface area contributed by atoms with Gasteiger partial charge < -0.3 is 20.1 Å². The summed E-state index contributed by atoms with van der Waals surface area (Å²) < 4.78 is 10.6.